The molecule has 5 rings (SSSR count). The van der Waals surface area contributed by atoms with Gasteiger partial charge < -0.3 is 25.0 Å². The Bertz CT molecular complexity index is 1360. The molecule has 0 aliphatic carbocycles. The minimum Gasteiger partial charge on any atom is -0.465 e. The number of ether oxygens (including phenoxy) is 2. The highest BCUT2D eigenvalue weighted by Crippen LogP contribution is 2.28. The molecule has 36 heavy (non-hydrogen) atoms. The van der Waals surface area contributed by atoms with E-state index in [1.165, 1.54) is 12.8 Å². The molecule has 4 aromatic rings. The van der Waals surface area contributed by atoms with Crippen molar-refractivity contribution in [3.63, 3.8) is 0 Å². The smallest absolute Gasteiger partial charge is 0.337 e. The Morgan fingerprint density at radius 2 is 1.78 bits per heavy atom. The van der Waals surface area contributed by atoms with Crippen LogP contribution in [0.1, 0.15) is 15.9 Å². The second-order valence-electron chi connectivity index (χ2n) is 8.37. The highest BCUT2D eigenvalue weighted by molar-refractivity contribution is 6.31. The summed E-state index contributed by atoms with van der Waals surface area (Å²) in [5.41, 5.74) is 4.30. The molecule has 0 unspecified atom stereocenters. The summed E-state index contributed by atoms with van der Waals surface area (Å²) in [6.45, 7) is 3.78. The fourth-order valence-corrected chi connectivity index (χ4v) is 4.21. The fraction of sp³-hybridized carbons (Fsp3) is 0.222. The molecule has 0 saturated carbocycles. The number of nitrogens with one attached hydrogen (secondary N) is 2. The first kappa shape index (κ1) is 23.8. The maximum atomic E-state index is 11.7. The standard InChI is InChI=1S/C27H26ClN5O3/c1-35-26(34)19-4-2-18(3-5-19)17-29-27-31-24-16-20(28)6-11-23(24)25(32-27)30-21-7-9-22(10-8-21)33-12-14-36-15-13-33/h2-11,16H,12-15,17H2,1H3,(H2,29,30,31,32). The van der Waals surface area contributed by atoms with Gasteiger partial charge in [0.1, 0.15) is 5.82 Å². The summed E-state index contributed by atoms with van der Waals surface area (Å²) in [5.74, 6) is 0.784. The molecular weight excluding hydrogens is 478 g/mol. The summed E-state index contributed by atoms with van der Waals surface area (Å²) in [6.07, 6.45) is 0. The Morgan fingerprint density at radius 3 is 2.50 bits per heavy atom. The molecule has 9 heteroatoms. The zero-order valence-corrected chi connectivity index (χ0v) is 20.6. The summed E-state index contributed by atoms with van der Waals surface area (Å²) in [7, 11) is 1.37. The van der Waals surface area contributed by atoms with Crippen LogP contribution in [0.4, 0.5) is 23.1 Å². The van der Waals surface area contributed by atoms with E-state index < -0.39 is 0 Å². The van der Waals surface area contributed by atoms with E-state index in [1.54, 1.807) is 12.1 Å². The highest BCUT2D eigenvalue weighted by atomic mass is 35.5. The van der Waals surface area contributed by atoms with Gasteiger partial charge in [-0.25, -0.2) is 9.78 Å². The van der Waals surface area contributed by atoms with E-state index in [9.17, 15) is 4.79 Å². The number of fused-ring (bicyclic) bond motifs is 1. The summed E-state index contributed by atoms with van der Waals surface area (Å²) in [6, 6.07) is 21.1. The average molecular weight is 504 g/mol. The van der Waals surface area contributed by atoms with E-state index in [-0.39, 0.29) is 5.97 Å². The quantitative estimate of drug-likeness (QED) is 0.330. The number of nitrogens with zero attached hydrogens (tertiary/aromatic N) is 3. The number of morpholine rings is 1. The van der Waals surface area contributed by atoms with Crippen LogP contribution in [0.25, 0.3) is 10.9 Å². The first-order chi connectivity index (χ1) is 17.6. The monoisotopic (exact) mass is 503 g/mol. The minimum atomic E-state index is -0.363. The van der Waals surface area contributed by atoms with Crippen LogP contribution in [0, 0.1) is 0 Å². The van der Waals surface area contributed by atoms with Gasteiger partial charge in [0.25, 0.3) is 0 Å². The first-order valence-electron chi connectivity index (χ1n) is 11.7. The Balaban J connectivity index is 1.36. The number of hydrogen-bond donors (Lipinski definition) is 2. The Labute approximate surface area is 214 Å². The topological polar surface area (TPSA) is 88.6 Å². The molecule has 1 saturated heterocycles. The lowest BCUT2D eigenvalue weighted by atomic mass is 10.1. The molecule has 0 radical (unpaired) electrons. The van der Waals surface area contributed by atoms with Gasteiger partial charge in [-0.15, -0.1) is 0 Å². The van der Waals surface area contributed by atoms with Crippen molar-refractivity contribution in [1.29, 1.82) is 0 Å². The van der Waals surface area contributed by atoms with Gasteiger partial charge in [0.15, 0.2) is 0 Å². The molecule has 0 atom stereocenters. The van der Waals surface area contributed by atoms with Crippen molar-refractivity contribution in [2.75, 3.05) is 48.9 Å². The molecule has 1 aliphatic rings. The third-order valence-corrected chi connectivity index (χ3v) is 6.23. The zero-order valence-electron chi connectivity index (χ0n) is 19.8. The van der Waals surface area contributed by atoms with Crippen LogP contribution in [-0.2, 0) is 16.0 Å². The maximum Gasteiger partial charge on any atom is 0.337 e. The molecule has 8 nitrogen and oxygen atoms in total. The molecule has 3 aromatic carbocycles. The van der Waals surface area contributed by atoms with Crippen LogP contribution >= 0.6 is 11.6 Å². The van der Waals surface area contributed by atoms with E-state index in [1.807, 2.05) is 42.5 Å². The van der Waals surface area contributed by atoms with Crippen molar-refractivity contribution in [3.05, 3.63) is 82.9 Å². The molecule has 2 heterocycles. The van der Waals surface area contributed by atoms with Crippen LogP contribution in [0.15, 0.2) is 66.7 Å². The van der Waals surface area contributed by atoms with Crippen molar-refractivity contribution in [2.45, 2.75) is 6.54 Å². The largest absolute Gasteiger partial charge is 0.465 e. The summed E-state index contributed by atoms with van der Waals surface area (Å²) in [4.78, 5) is 23.4. The fourth-order valence-electron chi connectivity index (χ4n) is 4.05. The Hall–Kier alpha value is -3.88. The first-order valence-corrected chi connectivity index (χ1v) is 12.0. The molecule has 0 bridgehead atoms. The number of halogens is 1. The third-order valence-electron chi connectivity index (χ3n) is 5.99. The second kappa shape index (κ2) is 10.8. The van der Waals surface area contributed by atoms with Crippen molar-refractivity contribution < 1.29 is 14.3 Å². The molecule has 1 aliphatic heterocycles. The maximum absolute atomic E-state index is 11.7. The SMILES string of the molecule is COC(=O)c1ccc(CNc2nc(Nc3ccc(N4CCOCC4)cc3)c3ccc(Cl)cc3n2)cc1. The van der Waals surface area contributed by atoms with Crippen LogP contribution in [0.3, 0.4) is 0 Å². The van der Waals surface area contributed by atoms with Crippen molar-refractivity contribution >= 4 is 51.6 Å². The number of esters is 1. The number of carbonyl (C=O) groups is 1. The van der Waals surface area contributed by atoms with Gasteiger partial charge in [-0.2, -0.15) is 4.98 Å². The predicted molar refractivity (Wildman–Crippen MR) is 142 cm³/mol. The average Bonchev–Trinajstić information content (AvgIpc) is 2.92. The number of carbonyl (C=O) groups excluding carboxylic acids is 1. The van der Waals surface area contributed by atoms with Crippen molar-refractivity contribution in [1.82, 2.24) is 9.97 Å². The van der Waals surface area contributed by atoms with Crippen LogP contribution in [0.2, 0.25) is 5.02 Å². The normalized spacial score (nSPS) is 13.4. The number of hydrogen-bond acceptors (Lipinski definition) is 8. The predicted octanol–water partition coefficient (Wildman–Crippen LogP) is 5.26. The Kier molecular flexibility index (Phi) is 7.16. The molecule has 184 valence electrons. The molecular formula is C27H26ClN5O3. The van der Waals surface area contributed by atoms with E-state index >= 15 is 0 Å². The van der Waals surface area contributed by atoms with E-state index in [2.05, 4.69) is 32.7 Å². The number of aromatic nitrogens is 2. The van der Waals surface area contributed by atoms with E-state index in [4.69, 9.17) is 26.1 Å². The van der Waals surface area contributed by atoms with Crippen LogP contribution < -0.4 is 15.5 Å². The van der Waals surface area contributed by atoms with Gasteiger partial charge in [0.05, 0.1) is 31.4 Å². The van der Waals surface area contributed by atoms with Gasteiger partial charge in [-0.05, 0) is 60.2 Å². The van der Waals surface area contributed by atoms with Gasteiger partial charge >= 0.3 is 5.97 Å². The van der Waals surface area contributed by atoms with E-state index in [0.717, 1.165) is 48.5 Å². The summed E-state index contributed by atoms with van der Waals surface area (Å²) >= 11 is 6.25. The lowest BCUT2D eigenvalue weighted by Gasteiger charge is -2.28. The van der Waals surface area contributed by atoms with Gasteiger partial charge in [0.2, 0.25) is 5.95 Å². The Morgan fingerprint density at radius 1 is 1.03 bits per heavy atom. The summed E-state index contributed by atoms with van der Waals surface area (Å²) < 4.78 is 10.2. The van der Waals surface area contributed by atoms with Crippen LogP contribution in [0.5, 0.6) is 0 Å². The number of anilines is 4. The third kappa shape index (κ3) is 5.50. The highest BCUT2D eigenvalue weighted by Gasteiger charge is 2.13. The molecule has 0 amide bonds. The molecule has 1 aromatic heterocycles. The lowest BCUT2D eigenvalue weighted by molar-refractivity contribution is 0.0600. The van der Waals surface area contributed by atoms with Gasteiger partial charge in [-0.3, -0.25) is 0 Å². The number of methoxy groups -OCH3 is 1. The van der Waals surface area contributed by atoms with Gasteiger partial charge in [-0.1, -0.05) is 23.7 Å². The van der Waals surface area contributed by atoms with Crippen LogP contribution in [-0.4, -0.2) is 49.4 Å². The second-order valence-corrected chi connectivity index (χ2v) is 8.81. The van der Waals surface area contributed by atoms with Gasteiger partial charge in [0, 0.05) is 41.4 Å². The molecule has 1 fully saturated rings. The van der Waals surface area contributed by atoms with Crippen molar-refractivity contribution in [3.8, 4) is 0 Å². The zero-order chi connectivity index (χ0) is 24.9. The lowest BCUT2D eigenvalue weighted by Crippen LogP contribution is -2.36. The number of rotatable bonds is 7. The van der Waals surface area contributed by atoms with Crippen molar-refractivity contribution in [2.24, 2.45) is 0 Å². The minimum absolute atomic E-state index is 0.363. The number of benzene rings is 3. The summed E-state index contributed by atoms with van der Waals surface area (Å²) in [5, 5.41) is 8.17. The molecule has 0 spiro atoms. The van der Waals surface area contributed by atoms with E-state index in [0.29, 0.717) is 28.9 Å². The molecule has 2 N–H and O–H groups in total.